The highest BCUT2D eigenvalue weighted by molar-refractivity contribution is 5.31. The molecule has 84 valence electrons. The zero-order valence-corrected chi connectivity index (χ0v) is 9.31. The molecule has 1 aromatic heterocycles. The molecule has 0 atom stereocenters. The number of nitriles is 1. The average Bonchev–Trinajstić information content (AvgIpc) is 2.27. The molecule has 0 saturated heterocycles. The first-order chi connectivity index (χ1) is 7.81. The van der Waals surface area contributed by atoms with Crippen LogP contribution in [-0.4, -0.2) is 24.7 Å². The SMILES string of the molecule is CNCC1CC(Oc2cc(C#N)ccn2)C1. The summed E-state index contributed by atoms with van der Waals surface area (Å²) in [6, 6.07) is 5.44. The van der Waals surface area contributed by atoms with E-state index in [1.807, 2.05) is 7.05 Å². The van der Waals surface area contributed by atoms with E-state index < -0.39 is 0 Å². The fourth-order valence-electron chi connectivity index (χ4n) is 1.94. The van der Waals surface area contributed by atoms with E-state index in [4.69, 9.17) is 10.00 Å². The predicted molar refractivity (Wildman–Crippen MR) is 60.0 cm³/mol. The highest BCUT2D eigenvalue weighted by Crippen LogP contribution is 2.30. The van der Waals surface area contributed by atoms with E-state index in [0.29, 0.717) is 17.4 Å². The minimum atomic E-state index is 0.264. The summed E-state index contributed by atoms with van der Waals surface area (Å²) >= 11 is 0. The number of ether oxygens (including phenoxy) is 1. The molecule has 1 heterocycles. The van der Waals surface area contributed by atoms with E-state index in [1.165, 1.54) is 0 Å². The second-order valence-corrected chi connectivity index (χ2v) is 4.13. The molecule has 4 nitrogen and oxygen atoms in total. The Labute approximate surface area is 95.3 Å². The van der Waals surface area contributed by atoms with Crippen LogP contribution in [0.4, 0.5) is 0 Å². The maximum Gasteiger partial charge on any atom is 0.214 e. The van der Waals surface area contributed by atoms with Crippen molar-refractivity contribution in [2.45, 2.75) is 18.9 Å². The van der Waals surface area contributed by atoms with E-state index in [-0.39, 0.29) is 6.10 Å². The fraction of sp³-hybridized carbons (Fsp3) is 0.500. The van der Waals surface area contributed by atoms with Crippen molar-refractivity contribution in [2.75, 3.05) is 13.6 Å². The summed E-state index contributed by atoms with van der Waals surface area (Å²) in [6.45, 7) is 1.05. The normalized spacial score (nSPS) is 23.2. The molecule has 0 spiro atoms. The van der Waals surface area contributed by atoms with Crippen molar-refractivity contribution in [3.63, 3.8) is 0 Å². The molecule has 1 fully saturated rings. The van der Waals surface area contributed by atoms with Gasteiger partial charge in [-0.05, 0) is 38.4 Å². The van der Waals surface area contributed by atoms with E-state index in [0.717, 1.165) is 19.4 Å². The molecule has 4 heteroatoms. The molecule has 0 radical (unpaired) electrons. The van der Waals surface area contributed by atoms with Crippen molar-refractivity contribution < 1.29 is 4.74 Å². The van der Waals surface area contributed by atoms with Crippen molar-refractivity contribution in [3.05, 3.63) is 23.9 Å². The molecule has 1 saturated carbocycles. The van der Waals surface area contributed by atoms with Gasteiger partial charge in [-0.25, -0.2) is 4.98 Å². The highest BCUT2D eigenvalue weighted by Gasteiger charge is 2.30. The topological polar surface area (TPSA) is 57.9 Å². The minimum absolute atomic E-state index is 0.264. The molecule has 0 aromatic carbocycles. The largest absolute Gasteiger partial charge is 0.474 e. The molecular weight excluding hydrogens is 202 g/mol. The monoisotopic (exact) mass is 217 g/mol. The van der Waals surface area contributed by atoms with Gasteiger partial charge in [0.1, 0.15) is 6.10 Å². The van der Waals surface area contributed by atoms with Crippen LogP contribution in [0.25, 0.3) is 0 Å². The number of rotatable bonds is 4. The Bertz CT molecular complexity index is 393. The summed E-state index contributed by atoms with van der Waals surface area (Å²) in [7, 11) is 1.96. The van der Waals surface area contributed by atoms with E-state index in [2.05, 4.69) is 16.4 Å². The Kier molecular flexibility index (Phi) is 3.37. The third-order valence-corrected chi connectivity index (χ3v) is 2.84. The lowest BCUT2D eigenvalue weighted by Crippen LogP contribution is -2.38. The molecule has 1 aromatic rings. The first kappa shape index (κ1) is 10.9. The second kappa shape index (κ2) is 4.95. The van der Waals surface area contributed by atoms with Crippen LogP contribution >= 0.6 is 0 Å². The van der Waals surface area contributed by atoms with Crippen molar-refractivity contribution in [3.8, 4) is 11.9 Å². The maximum atomic E-state index is 8.74. The Morgan fingerprint density at radius 1 is 1.62 bits per heavy atom. The van der Waals surface area contributed by atoms with E-state index >= 15 is 0 Å². The minimum Gasteiger partial charge on any atom is -0.474 e. The average molecular weight is 217 g/mol. The first-order valence-electron chi connectivity index (χ1n) is 5.49. The van der Waals surface area contributed by atoms with Gasteiger partial charge in [0, 0.05) is 12.3 Å². The van der Waals surface area contributed by atoms with Gasteiger partial charge in [0.15, 0.2) is 0 Å². The van der Waals surface area contributed by atoms with Gasteiger partial charge in [-0.1, -0.05) is 0 Å². The van der Waals surface area contributed by atoms with Crippen LogP contribution in [0.2, 0.25) is 0 Å². The zero-order valence-electron chi connectivity index (χ0n) is 9.31. The van der Waals surface area contributed by atoms with Crippen molar-refractivity contribution in [2.24, 2.45) is 5.92 Å². The molecule has 0 amide bonds. The standard InChI is InChI=1S/C12H15N3O/c1-14-8-10-4-11(5-10)16-12-6-9(7-13)2-3-15-12/h2-3,6,10-11,14H,4-5,8H2,1H3. The van der Waals surface area contributed by atoms with Gasteiger partial charge in [-0.3, -0.25) is 0 Å². The second-order valence-electron chi connectivity index (χ2n) is 4.13. The molecule has 1 aliphatic rings. The van der Waals surface area contributed by atoms with Crippen LogP contribution in [0.5, 0.6) is 5.88 Å². The van der Waals surface area contributed by atoms with E-state index in [1.54, 1.807) is 18.3 Å². The Morgan fingerprint density at radius 3 is 3.12 bits per heavy atom. The lowest BCUT2D eigenvalue weighted by Gasteiger charge is -2.34. The molecule has 2 rings (SSSR count). The van der Waals surface area contributed by atoms with Gasteiger partial charge in [0.2, 0.25) is 5.88 Å². The summed E-state index contributed by atoms with van der Waals surface area (Å²) < 4.78 is 5.68. The summed E-state index contributed by atoms with van der Waals surface area (Å²) in [5, 5.41) is 11.9. The van der Waals surface area contributed by atoms with Gasteiger partial charge in [0.25, 0.3) is 0 Å². The molecule has 1 aliphatic carbocycles. The third kappa shape index (κ3) is 2.50. The van der Waals surface area contributed by atoms with Crippen LogP contribution in [0, 0.1) is 17.2 Å². The Morgan fingerprint density at radius 2 is 2.44 bits per heavy atom. The van der Waals surface area contributed by atoms with Gasteiger partial charge in [-0.2, -0.15) is 5.26 Å². The van der Waals surface area contributed by atoms with E-state index in [9.17, 15) is 0 Å². The van der Waals surface area contributed by atoms with Crippen LogP contribution in [0.15, 0.2) is 18.3 Å². The number of hydrogen-bond acceptors (Lipinski definition) is 4. The number of aromatic nitrogens is 1. The summed E-state index contributed by atoms with van der Waals surface area (Å²) in [5.74, 6) is 1.28. The first-order valence-corrected chi connectivity index (χ1v) is 5.49. The van der Waals surface area contributed by atoms with Crippen molar-refractivity contribution in [1.29, 1.82) is 5.26 Å². The van der Waals surface area contributed by atoms with Crippen LogP contribution in [0.3, 0.4) is 0 Å². The van der Waals surface area contributed by atoms with Crippen LogP contribution < -0.4 is 10.1 Å². The summed E-state index contributed by atoms with van der Waals surface area (Å²) in [6.07, 6.45) is 4.01. The van der Waals surface area contributed by atoms with Gasteiger partial charge in [-0.15, -0.1) is 0 Å². The van der Waals surface area contributed by atoms with Crippen LogP contribution in [-0.2, 0) is 0 Å². The van der Waals surface area contributed by atoms with Crippen molar-refractivity contribution >= 4 is 0 Å². The number of nitrogens with one attached hydrogen (secondary N) is 1. The molecule has 0 unspecified atom stereocenters. The fourth-order valence-corrected chi connectivity index (χ4v) is 1.94. The summed E-state index contributed by atoms with van der Waals surface area (Å²) in [4.78, 5) is 4.09. The molecule has 0 bridgehead atoms. The number of pyridine rings is 1. The molecule has 1 N–H and O–H groups in total. The lowest BCUT2D eigenvalue weighted by molar-refractivity contribution is 0.0617. The van der Waals surface area contributed by atoms with Gasteiger partial charge < -0.3 is 10.1 Å². The van der Waals surface area contributed by atoms with Gasteiger partial charge >= 0.3 is 0 Å². The number of nitrogens with zero attached hydrogens (tertiary/aromatic N) is 2. The summed E-state index contributed by atoms with van der Waals surface area (Å²) in [5.41, 5.74) is 0.594. The Balaban J connectivity index is 1.85. The Hall–Kier alpha value is -1.60. The van der Waals surface area contributed by atoms with Crippen molar-refractivity contribution in [1.82, 2.24) is 10.3 Å². The molecular formula is C12H15N3O. The number of hydrogen-bond donors (Lipinski definition) is 1. The zero-order chi connectivity index (χ0) is 11.4. The maximum absolute atomic E-state index is 8.74. The highest BCUT2D eigenvalue weighted by atomic mass is 16.5. The third-order valence-electron chi connectivity index (χ3n) is 2.84. The molecule has 16 heavy (non-hydrogen) atoms. The smallest absolute Gasteiger partial charge is 0.214 e. The molecule has 0 aliphatic heterocycles. The van der Waals surface area contributed by atoms with Crippen LogP contribution in [0.1, 0.15) is 18.4 Å². The quantitative estimate of drug-likeness (QED) is 0.826. The lowest BCUT2D eigenvalue weighted by atomic mass is 9.82. The predicted octanol–water partition coefficient (Wildman–Crippen LogP) is 1.33. The van der Waals surface area contributed by atoms with Gasteiger partial charge in [0.05, 0.1) is 11.6 Å².